The lowest BCUT2D eigenvalue weighted by atomic mass is 10.2. The monoisotopic (exact) mass is 278 g/mol. The van der Waals surface area contributed by atoms with Crippen LogP contribution in [0, 0.1) is 0 Å². The van der Waals surface area contributed by atoms with Crippen LogP contribution in [0.1, 0.15) is 24.2 Å². The summed E-state index contributed by atoms with van der Waals surface area (Å²) in [6.45, 7) is 7.85. The molecule has 0 spiro atoms. The Labute approximate surface area is 117 Å². The SMILES string of the molecule is C=C(C)n1ncc(C(=O)NC2COCC2O)c1/N=C\C. The van der Waals surface area contributed by atoms with Gasteiger partial charge in [-0.25, -0.2) is 9.67 Å². The number of carbonyl (C=O) groups excluding carboxylic acids is 1. The Balaban J connectivity index is 2.23. The van der Waals surface area contributed by atoms with Gasteiger partial charge in [-0.15, -0.1) is 0 Å². The number of nitrogens with zero attached hydrogens (tertiary/aromatic N) is 3. The summed E-state index contributed by atoms with van der Waals surface area (Å²) < 4.78 is 6.59. The summed E-state index contributed by atoms with van der Waals surface area (Å²) in [5, 5.41) is 16.5. The van der Waals surface area contributed by atoms with Crippen molar-refractivity contribution in [2.75, 3.05) is 13.2 Å². The van der Waals surface area contributed by atoms with Crippen LogP contribution in [0.3, 0.4) is 0 Å². The van der Waals surface area contributed by atoms with Crippen molar-refractivity contribution >= 4 is 23.6 Å². The fourth-order valence-electron chi connectivity index (χ4n) is 1.95. The third-order valence-corrected chi connectivity index (χ3v) is 2.97. The molecule has 7 nitrogen and oxygen atoms in total. The van der Waals surface area contributed by atoms with Gasteiger partial charge in [0.1, 0.15) is 5.56 Å². The lowest BCUT2D eigenvalue weighted by molar-refractivity contribution is 0.0887. The van der Waals surface area contributed by atoms with E-state index in [-0.39, 0.29) is 12.5 Å². The zero-order chi connectivity index (χ0) is 14.7. The molecule has 2 N–H and O–H groups in total. The second-order valence-electron chi connectivity index (χ2n) is 4.60. The first-order valence-electron chi connectivity index (χ1n) is 6.33. The van der Waals surface area contributed by atoms with Gasteiger partial charge in [-0.1, -0.05) is 6.58 Å². The zero-order valence-corrected chi connectivity index (χ0v) is 11.5. The molecule has 20 heavy (non-hydrogen) atoms. The summed E-state index contributed by atoms with van der Waals surface area (Å²) in [6.07, 6.45) is 2.34. The van der Waals surface area contributed by atoms with E-state index in [1.54, 1.807) is 20.1 Å². The average molecular weight is 278 g/mol. The molecule has 2 unspecified atom stereocenters. The third kappa shape index (κ3) is 2.78. The highest BCUT2D eigenvalue weighted by atomic mass is 16.5. The predicted octanol–water partition coefficient (Wildman–Crippen LogP) is 0.585. The molecule has 0 aliphatic carbocycles. The molecule has 0 saturated carbocycles. The Morgan fingerprint density at radius 1 is 1.70 bits per heavy atom. The summed E-state index contributed by atoms with van der Waals surface area (Å²) in [7, 11) is 0. The van der Waals surface area contributed by atoms with Gasteiger partial charge in [-0.2, -0.15) is 5.10 Å². The molecular weight excluding hydrogens is 260 g/mol. The average Bonchev–Trinajstić information content (AvgIpc) is 2.97. The molecule has 1 aliphatic heterocycles. The molecule has 0 aromatic carbocycles. The minimum atomic E-state index is -0.687. The smallest absolute Gasteiger partial charge is 0.257 e. The highest BCUT2D eigenvalue weighted by Crippen LogP contribution is 2.22. The molecule has 1 aliphatic rings. The highest BCUT2D eigenvalue weighted by Gasteiger charge is 2.29. The van der Waals surface area contributed by atoms with Crippen molar-refractivity contribution in [2.45, 2.75) is 26.0 Å². The van der Waals surface area contributed by atoms with E-state index in [9.17, 15) is 9.90 Å². The Morgan fingerprint density at radius 3 is 3.00 bits per heavy atom. The highest BCUT2D eigenvalue weighted by molar-refractivity contribution is 5.99. The van der Waals surface area contributed by atoms with E-state index in [1.807, 2.05) is 0 Å². The quantitative estimate of drug-likeness (QED) is 0.789. The molecule has 0 radical (unpaired) electrons. The van der Waals surface area contributed by atoms with Gasteiger partial charge in [-0.3, -0.25) is 4.79 Å². The van der Waals surface area contributed by atoms with E-state index in [0.29, 0.717) is 23.7 Å². The first kappa shape index (κ1) is 14.4. The van der Waals surface area contributed by atoms with Crippen molar-refractivity contribution < 1.29 is 14.6 Å². The molecule has 0 bridgehead atoms. The van der Waals surface area contributed by atoms with Crippen molar-refractivity contribution in [3.05, 3.63) is 18.3 Å². The Hall–Kier alpha value is -1.99. The summed E-state index contributed by atoms with van der Waals surface area (Å²) in [5.41, 5.74) is 0.999. The predicted molar refractivity (Wildman–Crippen MR) is 75.1 cm³/mol. The number of hydrogen-bond acceptors (Lipinski definition) is 5. The summed E-state index contributed by atoms with van der Waals surface area (Å²) in [5.74, 6) is 0.0820. The number of aromatic nitrogens is 2. The van der Waals surface area contributed by atoms with E-state index in [4.69, 9.17) is 4.74 Å². The standard InChI is InChI=1S/C13H18N4O3/c1-4-14-12-9(5-15-17(12)8(2)3)13(19)16-10-6-20-7-11(10)18/h4-5,10-11,18H,2,6-7H2,1,3H3,(H,16,19)/b14-4-. The number of ether oxygens (including phenoxy) is 1. The van der Waals surface area contributed by atoms with Crippen LogP contribution in [-0.2, 0) is 4.74 Å². The number of hydrogen-bond donors (Lipinski definition) is 2. The van der Waals surface area contributed by atoms with Crippen LogP contribution in [0.2, 0.25) is 0 Å². The lowest BCUT2D eigenvalue weighted by Crippen LogP contribution is -2.42. The molecule has 1 fully saturated rings. The molecular formula is C13H18N4O3. The van der Waals surface area contributed by atoms with Crippen LogP contribution < -0.4 is 5.32 Å². The van der Waals surface area contributed by atoms with E-state index in [1.165, 1.54) is 10.9 Å². The minimum absolute atomic E-state index is 0.232. The number of carbonyl (C=O) groups is 1. The molecule has 1 aromatic rings. The van der Waals surface area contributed by atoms with Crippen LogP contribution in [0.25, 0.3) is 5.70 Å². The minimum Gasteiger partial charge on any atom is -0.388 e. The van der Waals surface area contributed by atoms with Crippen LogP contribution in [0.15, 0.2) is 17.8 Å². The number of nitrogens with one attached hydrogen (secondary N) is 1. The molecule has 7 heteroatoms. The van der Waals surface area contributed by atoms with Gasteiger partial charge < -0.3 is 15.2 Å². The van der Waals surface area contributed by atoms with Crippen molar-refractivity contribution in [2.24, 2.45) is 4.99 Å². The van der Waals surface area contributed by atoms with Gasteiger partial charge in [0.05, 0.1) is 31.6 Å². The maximum Gasteiger partial charge on any atom is 0.257 e. The first-order chi connectivity index (χ1) is 9.54. The Morgan fingerprint density at radius 2 is 2.45 bits per heavy atom. The largest absolute Gasteiger partial charge is 0.388 e. The van der Waals surface area contributed by atoms with Crippen molar-refractivity contribution in [1.82, 2.24) is 15.1 Å². The van der Waals surface area contributed by atoms with Gasteiger partial charge in [0.15, 0.2) is 5.82 Å². The maximum atomic E-state index is 12.2. The number of rotatable bonds is 4. The van der Waals surface area contributed by atoms with Crippen LogP contribution in [-0.4, -0.2) is 52.4 Å². The molecule has 1 saturated heterocycles. The summed E-state index contributed by atoms with van der Waals surface area (Å²) in [4.78, 5) is 16.4. The number of aliphatic imine (C=N–C) groups is 1. The number of allylic oxidation sites excluding steroid dienone is 1. The van der Waals surface area contributed by atoms with Crippen LogP contribution in [0.4, 0.5) is 5.82 Å². The molecule has 2 atom stereocenters. The van der Waals surface area contributed by atoms with Crippen LogP contribution >= 0.6 is 0 Å². The van der Waals surface area contributed by atoms with Crippen molar-refractivity contribution in [1.29, 1.82) is 0 Å². The fraction of sp³-hybridized carbons (Fsp3) is 0.462. The molecule has 108 valence electrons. The molecule has 2 heterocycles. The first-order valence-corrected chi connectivity index (χ1v) is 6.33. The van der Waals surface area contributed by atoms with Gasteiger partial charge in [0, 0.05) is 11.9 Å². The van der Waals surface area contributed by atoms with Gasteiger partial charge in [0.2, 0.25) is 0 Å². The van der Waals surface area contributed by atoms with Gasteiger partial charge in [-0.05, 0) is 13.8 Å². The molecule has 2 rings (SSSR count). The van der Waals surface area contributed by atoms with E-state index < -0.39 is 12.1 Å². The van der Waals surface area contributed by atoms with E-state index >= 15 is 0 Å². The zero-order valence-electron chi connectivity index (χ0n) is 11.5. The lowest BCUT2D eigenvalue weighted by Gasteiger charge is -2.14. The fourth-order valence-corrected chi connectivity index (χ4v) is 1.95. The van der Waals surface area contributed by atoms with Crippen molar-refractivity contribution in [3.63, 3.8) is 0 Å². The van der Waals surface area contributed by atoms with E-state index in [2.05, 4.69) is 22.0 Å². The molecule has 1 amide bonds. The Kier molecular flexibility index (Phi) is 4.31. The van der Waals surface area contributed by atoms with Gasteiger partial charge >= 0.3 is 0 Å². The second-order valence-corrected chi connectivity index (χ2v) is 4.60. The third-order valence-electron chi connectivity index (χ3n) is 2.97. The number of aliphatic hydroxyl groups is 1. The molecule has 1 aromatic heterocycles. The number of aliphatic hydroxyl groups excluding tert-OH is 1. The maximum absolute atomic E-state index is 12.2. The van der Waals surface area contributed by atoms with Crippen molar-refractivity contribution in [3.8, 4) is 0 Å². The second kappa shape index (κ2) is 5.98. The van der Waals surface area contributed by atoms with Gasteiger partial charge in [0.25, 0.3) is 5.91 Å². The normalized spacial score (nSPS) is 22.4. The van der Waals surface area contributed by atoms with E-state index in [0.717, 1.165) is 0 Å². The Bertz CT molecular complexity index is 550. The summed E-state index contributed by atoms with van der Waals surface area (Å²) in [6, 6.07) is -0.408. The summed E-state index contributed by atoms with van der Waals surface area (Å²) >= 11 is 0. The van der Waals surface area contributed by atoms with Crippen LogP contribution in [0.5, 0.6) is 0 Å². The number of amides is 1. The topological polar surface area (TPSA) is 88.7 Å².